The van der Waals surface area contributed by atoms with Crippen molar-refractivity contribution in [2.45, 2.75) is 19.9 Å². The zero-order chi connectivity index (χ0) is 20.6. The van der Waals surface area contributed by atoms with E-state index in [9.17, 15) is 14.4 Å². The summed E-state index contributed by atoms with van der Waals surface area (Å²) in [6.07, 6.45) is 1.29. The molecule has 1 aromatic carbocycles. The fourth-order valence-electron chi connectivity index (χ4n) is 2.70. The largest absolute Gasteiger partial charge is 0.465 e. The van der Waals surface area contributed by atoms with Crippen LogP contribution in [0.5, 0.6) is 0 Å². The zero-order valence-electron chi connectivity index (χ0n) is 15.1. The van der Waals surface area contributed by atoms with Crippen molar-refractivity contribution in [2.24, 2.45) is 0 Å². The van der Waals surface area contributed by atoms with Crippen LogP contribution in [-0.4, -0.2) is 28.5 Å². The van der Waals surface area contributed by atoms with Gasteiger partial charge in [-0.2, -0.15) is 0 Å². The maximum absolute atomic E-state index is 12.9. The number of benzene rings is 1. The third-order valence-corrected chi connectivity index (χ3v) is 5.79. The highest BCUT2D eigenvalue weighted by molar-refractivity contribution is 7.20. The van der Waals surface area contributed by atoms with Crippen molar-refractivity contribution < 1.29 is 14.3 Å². The quantitative estimate of drug-likeness (QED) is 0.618. The average molecular weight is 440 g/mol. The van der Waals surface area contributed by atoms with Crippen LogP contribution in [0.25, 0.3) is 10.2 Å². The minimum Gasteiger partial charge on any atom is -0.465 e. The molecule has 1 amide bonds. The minimum atomic E-state index is -0.858. The van der Waals surface area contributed by atoms with Crippen molar-refractivity contribution in [3.63, 3.8) is 0 Å². The van der Waals surface area contributed by atoms with Crippen LogP contribution in [-0.2, 0) is 9.53 Å². The van der Waals surface area contributed by atoms with E-state index in [0.717, 1.165) is 11.3 Å². The molecule has 7 nitrogen and oxygen atoms in total. The first kappa shape index (κ1) is 20.3. The van der Waals surface area contributed by atoms with Gasteiger partial charge in [0.25, 0.3) is 5.56 Å². The summed E-state index contributed by atoms with van der Waals surface area (Å²) in [5, 5.41) is 3.72. The Balaban J connectivity index is 1.97. The fraction of sp³-hybridized carbons (Fsp3) is 0.222. The van der Waals surface area contributed by atoms with Crippen LogP contribution < -0.4 is 10.9 Å². The number of hydrogen-bond acceptors (Lipinski definition) is 6. The Morgan fingerprint density at radius 1 is 1.25 bits per heavy atom. The SMILES string of the molecule is COC(=O)c1sc2ncn(C(C)C(=O)Nc3cc(Cl)cc(Cl)c3)c(=O)c2c1C. The number of thiophene rings is 1. The van der Waals surface area contributed by atoms with Crippen molar-refractivity contribution in [3.8, 4) is 0 Å². The molecule has 0 saturated carbocycles. The van der Waals surface area contributed by atoms with Gasteiger partial charge in [-0.3, -0.25) is 14.2 Å². The first-order valence-corrected chi connectivity index (χ1v) is 9.65. The summed E-state index contributed by atoms with van der Waals surface area (Å²) in [5.74, 6) is -0.974. The Hall–Kier alpha value is -2.42. The van der Waals surface area contributed by atoms with Crippen molar-refractivity contribution in [1.29, 1.82) is 0 Å². The number of carbonyl (C=O) groups excluding carboxylic acids is 2. The second kappa shape index (κ2) is 7.90. The molecule has 1 atom stereocenters. The van der Waals surface area contributed by atoms with E-state index in [1.54, 1.807) is 32.0 Å². The number of methoxy groups -OCH3 is 1. The lowest BCUT2D eigenvalue weighted by Crippen LogP contribution is -2.31. The monoisotopic (exact) mass is 439 g/mol. The number of hydrogen-bond donors (Lipinski definition) is 1. The van der Waals surface area contributed by atoms with Gasteiger partial charge in [0.15, 0.2) is 0 Å². The van der Waals surface area contributed by atoms with E-state index in [0.29, 0.717) is 36.4 Å². The molecule has 1 unspecified atom stereocenters. The van der Waals surface area contributed by atoms with Crippen molar-refractivity contribution in [3.05, 3.63) is 55.4 Å². The van der Waals surface area contributed by atoms with Crippen LogP contribution in [0.3, 0.4) is 0 Å². The maximum atomic E-state index is 12.9. The number of carbonyl (C=O) groups is 2. The number of nitrogens with zero attached hydrogens (tertiary/aromatic N) is 2. The van der Waals surface area contributed by atoms with Gasteiger partial charge in [0.05, 0.1) is 18.8 Å². The normalized spacial score (nSPS) is 12.0. The van der Waals surface area contributed by atoms with E-state index in [1.807, 2.05) is 0 Å². The number of amides is 1. The average Bonchev–Trinajstić information content (AvgIpc) is 2.97. The summed E-state index contributed by atoms with van der Waals surface area (Å²) in [6.45, 7) is 3.22. The molecular weight excluding hydrogens is 425 g/mol. The molecule has 0 aliphatic rings. The number of ether oxygens (including phenoxy) is 1. The molecule has 0 aliphatic carbocycles. The molecule has 0 radical (unpaired) electrons. The molecule has 2 heterocycles. The van der Waals surface area contributed by atoms with Gasteiger partial charge >= 0.3 is 5.97 Å². The number of esters is 1. The molecule has 2 aromatic heterocycles. The number of aryl methyl sites for hydroxylation is 1. The molecule has 1 N–H and O–H groups in total. The van der Waals surface area contributed by atoms with Gasteiger partial charge in [0.1, 0.15) is 15.7 Å². The van der Waals surface area contributed by atoms with Crippen LogP contribution in [0, 0.1) is 6.92 Å². The van der Waals surface area contributed by atoms with Crippen LogP contribution in [0.15, 0.2) is 29.3 Å². The Bertz CT molecular complexity index is 1140. The molecule has 0 saturated heterocycles. The van der Waals surface area contributed by atoms with Gasteiger partial charge in [-0.15, -0.1) is 11.3 Å². The van der Waals surface area contributed by atoms with E-state index in [2.05, 4.69) is 10.3 Å². The van der Waals surface area contributed by atoms with Gasteiger partial charge < -0.3 is 10.1 Å². The number of rotatable bonds is 4. The van der Waals surface area contributed by atoms with Crippen LogP contribution in [0.4, 0.5) is 5.69 Å². The second-order valence-corrected chi connectivity index (χ2v) is 7.88. The number of aromatic nitrogens is 2. The van der Waals surface area contributed by atoms with Gasteiger partial charge in [-0.05, 0) is 37.6 Å². The summed E-state index contributed by atoms with van der Waals surface area (Å²) in [6, 6.07) is 3.79. The molecule has 3 aromatic rings. The van der Waals surface area contributed by atoms with Gasteiger partial charge in [-0.25, -0.2) is 9.78 Å². The smallest absolute Gasteiger partial charge is 0.348 e. The molecular formula is C18H15Cl2N3O4S. The lowest BCUT2D eigenvalue weighted by molar-refractivity contribution is -0.118. The number of halogens is 2. The van der Waals surface area contributed by atoms with E-state index >= 15 is 0 Å². The van der Waals surface area contributed by atoms with E-state index in [1.165, 1.54) is 18.0 Å². The Kier molecular flexibility index (Phi) is 5.74. The number of fused-ring (bicyclic) bond motifs is 1. The third kappa shape index (κ3) is 3.76. The predicted molar refractivity (Wildman–Crippen MR) is 110 cm³/mol. The van der Waals surface area contributed by atoms with Crippen molar-refractivity contribution in [1.82, 2.24) is 9.55 Å². The molecule has 0 spiro atoms. The highest BCUT2D eigenvalue weighted by atomic mass is 35.5. The molecule has 10 heteroatoms. The Labute approximate surface area is 173 Å². The van der Waals surface area contributed by atoms with Crippen LogP contribution in [0.2, 0.25) is 10.0 Å². The van der Waals surface area contributed by atoms with Gasteiger partial charge in [-0.1, -0.05) is 23.2 Å². The van der Waals surface area contributed by atoms with E-state index < -0.39 is 23.5 Å². The lowest BCUT2D eigenvalue weighted by atomic mass is 10.2. The zero-order valence-corrected chi connectivity index (χ0v) is 17.4. The van der Waals surface area contributed by atoms with Crippen LogP contribution >= 0.6 is 34.5 Å². The lowest BCUT2D eigenvalue weighted by Gasteiger charge is -2.15. The Morgan fingerprint density at radius 2 is 1.89 bits per heavy atom. The summed E-state index contributed by atoms with van der Waals surface area (Å²) in [7, 11) is 1.27. The highest BCUT2D eigenvalue weighted by Crippen LogP contribution is 2.28. The number of anilines is 1. The summed E-state index contributed by atoms with van der Waals surface area (Å²) in [4.78, 5) is 42.4. The molecule has 28 heavy (non-hydrogen) atoms. The first-order valence-electron chi connectivity index (χ1n) is 8.08. The molecule has 146 valence electrons. The van der Waals surface area contributed by atoms with Crippen LogP contribution in [0.1, 0.15) is 28.2 Å². The molecule has 0 fully saturated rings. The summed E-state index contributed by atoms with van der Waals surface area (Å²) >= 11 is 13.0. The van der Waals surface area contributed by atoms with Crippen molar-refractivity contribution >= 4 is 62.3 Å². The maximum Gasteiger partial charge on any atom is 0.348 e. The predicted octanol–water partition coefficient (Wildman–Crippen LogP) is 4.06. The third-order valence-electron chi connectivity index (χ3n) is 4.17. The standard InChI is InChI=1S/C18H15Cl2N3O4S/c1-8-13-16(28-14(8)18(26)27-3)21-7-23(17(13)25)9(2)15(24)22-12-5-10(19)4-11(20)6-12/h4-7,9H,1-3H3,(H,22,24). The molecule has 0 bridgehead atoms. The first-order chi connectivity index (χ1) is 13.2. The summed E-state index contributed by atoms with van der Waals surface area (Å²) in [5.41, 5.74) is 0.477. The highest BCUT2D eigenvalue weighted by Gasteiger charge is 2.23. The molecule has 3 rings (SSSR count). The van der Waals surface area contributed by atoms with Gasteiger partial charge in [0.2, 0.25) is 5.91 Å². The Morgan fingerprint density at radius 3 is 2.50 bits per heavy atom. The van der Waals surface area contributed by atoms with E-state index in [4.69, 9.17) is 27.9 Å². The molecule has 0 aliphatic heterocycles. The van der Waals surface area contributed by atoms with Crippen molar-refractivity contribution in [2.75, 3.05) is 12.4 Å². The topological polar surface area (TPSA) is 90.3 Å². The fourth-order valence-corrected chi connectivity index (χ4v) is 4.28. The van der Waals surface area contributed by atoms with E-state index in [-0.39, 0.29) is 0 Å². The minimum absolute atomic E-state index is 0.290. The second-order valence-electron chi connectivity index (χ2n) is 6.01. The van der Waals surface area contributed by atoms with Gasteiger partial charge in [0, 0.05) is 15.7 Å². The number of nitrogens with one attached hydrogen (secondary N) is 1. The summed E-state index contributed by atoms with van der Waals surface area (Å²) < 4.78 is 5.95.